The van der Waals surface area contributed by atoms with E-state index in [4.69, 9.17) is 14.6 Å². The van der Waals surface area contributed by atoms with Crippen LogP contribution in [-0.4, -0.2) is 31.7 Å². The van der Waals surface area contributed by atoms with Crippen LogP contribution in [0.2, 0.25) is 0 Å². The van der Waals surface area contributed by atoms with Gasteiger partial charge in [-0.05, 0) is 6.42 Å². The van der Waals surface area contributed by atoms with Crippen molar-refractivity contribution in [2.75, 3.05) is 20.5 Å². The molecule has 0 aromatic rings. The van der Waals surface area contributed by atoms with Crippen LogP contribution in [0.1, 0.15) is 90.4 Å². The summed E-state index contributed by atoms with van der Waals surface area (Å²) in [6.07, 6.45) is 21.2. The molecule has 138 valence electrons. The first-order valence-electron chi connectivity index (χ1n) is 9.73. The van der Waals surface area contributed by atoms with E-state index >= 15 is 0 Å². The Morgan fingerprint density at radius 1 is 0.826 bits per heavy atom. The molecule has 0 amide bonds. The SMILES string of the molecule is CCCCCCCCCCCCCC[C@@H](/C=C/CO)OCOC. The fraction of sp³-hybridized carbons (Fsp3) is 0.900. The number of aliphatic hydroxyl groups is 1. The van der Waals surface area contributed by atoms with E-state index in [1.807, 2.05) is 6.08 Å². The van der Waals surface area contributed by atoms with Crippen LogP contribution in [0.3, 0.4) is 0 Å². The number of rotatable bonds is 18. The maximum Gasteiger partial charge on any atom is 0.147 e. The first kappa shape index (κ1) is 22.6. The molecule has 0 bridgehead atoms. The van der Waals surface area contributed by atoms with Crippen molar-refractivity contribution in [1.82, 2.24) is 0 Å². The fourth-order valence-electron chi connectivity index (χ4n) is 2.79. The third-order valence-electron chi connectivity index (χ3n) is 4.20. The second-order valence-corrected chi connectivity index (χ2v) is 6.40. The van der Waals surface area contributed by atoms with Gasteiger partial charge in [0, 0.05) is 7.11 Å². The third-order valence-corrected chi connectivity index (χ3v) is 4.20. The lowest BCUT2D eigenvalue weighted by Gasteiger charge is -2.13. The first-order valence-corrected chi connectivity index (χ1v) is 9.73. The largest absolute Gasteiger partial charge is 0.392 e. The topological polar surface area (TPSA) is 38.7 Å². The highest BCUT2D eigenvalue weighted by atomic mass is 16.7. The number of methoxy groups -OCH3 is 1. The van der Waals surface area contributed by atoms with E-state index in [1.165, 1.54) is 77.0 Å². The number of hydrogen-bond donors (Lipinski definition) is 1. The van der Waals surface area contributed by atoms with E-state index in [1.54, 1.807) is 13.2 Å². The van der Waals surface area contributed by atoms with E-state index in [2.05, 4.69) is 6.92 Å². The molecule has 0 unspecified atom stereocenters. The number of ether oxygens (including phenoxy) is 2. The van der Waals surface area contributed by atoms with Crippen molar-refractivity contribution < 1.29 is 14.6 Å². The zero-order valence-corrected chi connectivity index (χ0v) is 15.6. The average molecular weight is 329 g/mol. The maximum absolute atomic E-state index is 8.84. The Labute approximate surface area is 144 Å². The van der Waals surface area contributed by atoms with Crippen LogP contribution in [0.5, 0.6) is 0 Å². The molecule has 23 heavy (non-hydrogen) atoms. The van der Waals surface area contributed by atoms with Crippen molar-refractivity contribution in [3.63, 3.8) is 0 Å². The molecule has 3 heteroatoms. The summed E-state index contributed by atoms with van der Waals surface area (Å²) in [5.74, 6) is 0. The lowest BCUT2D eigenvalue weighted by atomic mass is 10.0. The summed E-state index contributed by atoms with van der Waals surface area (Å²) in [6, 6.07) is 0. The molecule has 1 atom stereocenters. The van der Waals surface area contributed by atoms with Crippen LogP contribution in [-0.2, 0) is 9.47 Å². The van der Waals surface area contributed by atoms with Crippen LogP contribution < -0.4 is 0 Å². The van der Waals surface area contributed by atoms with Gasteiger partial charge in [0.25, 0.3) is 0 Å². The average Bonchev–Trinajstić information content (AvgIpc) is 2.57. The molecule has 0 fully saturated rings. The molecule has 0 radical (unpaired) electrons. The van der Waals surface area contributed by atoms with Crippen molar-refractivity contribution in [2.45, 2.75) is 96.5 Å². The molecule has 0 saturated heterocycles. The highest BCUT2D eigenvalue weighted by molar-refractivity contribution is 4.89. The summed E-state index contributed by atoms with van der Waals surface area (Å²) in [7, 11) is 1.64. The second kappa shape index (κ2) is 19.7. The van der Waals surface area contributed by atoms with Gasteiger partial charge in [0.2, 0.25) is 0 Å². The summed E-state index contributed by atoms with van der Waals surface area (Å²) in [6.45, 7) is 2.67. The quantitative estimate of drug-likeness (QED) is 0.202. The van der Waals surface area contributed by atoms with Gasteiger partial charge in [-0.15, -0.1) is 0 Å². The molecule has 0 aliphatic heterocycles. The van der Waals surface area contributed by atoms with E-state index in [0.717, 1.165) is 6.42 Å². The van der Waals surface area contributed by atoms with Crippen LogP contribution in [0, 0.1) is 0 Å². The van der Waals surface area contributed by atoms with Crippen molar-refractivity contribution in [2.24, 2.45) is 0 Å². The van der Waals surface area contributed by atoms with Gasteiger partial charge in [-0.25, -0.2) is 0 Å². The Balaban J connectivity index is 3.36. The van der Waals surface area contributed by atoms with E-state index in [0.29, 0.717) is 6.79 Å². The van der Waals surface area contributed by atoms with Gasteiger partial charge in [0.05, 0.1) is 12.7 Å². The number of unbranched alkanes of at least 4 members (excludes halogenated alkanes) is 11. The molecular formula is C20H40O3. The summed E-state index contributed by atoms with van der Waals surface area (Å²) in [5.41, 5.74) is 0. The Bertz CT molecular complexity index is 241. The first-order chi connectivity index (χ1) is 11.3. The highest BCUT2D eigenvalue weighted by Crippen LogP contribution is 2.14. The van der Waals surface area contributed by atoms with E-state index in [9.17, 15) is 0 Å². The molecule has 0 spiro atoms. The Hall–Kier alpha value is -0.380. The molecule has 0 aliphatic carbocycles. The van der Waals surface area contributed by atoms with Crippen LogP contribution in [0.15, 0.2) is 12.2 Å². The van der Waals surface area contributed by atoms with Gasteiger partial charge in [-0.1, -0.05) is 96.1 Å². The molecular weight excluding hydrogens is 288 g/mol. The zero-order valence-electron chi connectivity index (χ0n) is 15.6. The minimum Gasteiger partial charge on any atom is -0.392 e. The van der Waals surface area contributed by atoms with Gasteiger partial charge < -0.3 is 14.6 Å². The standard InChI is InChI=1S/C20H40O3/c1-3-4-5-6-7-8-9-10-11-12-13-14-16-20(17-15-18-21)23-19-22-2/h15,17,20-21H,3-14,16,18-19H2,1-2H3/b17-15+/t20-/m0/s1. The van der Waals surface area contributed by atoms with Gasteiger partial charge >= 0.3 is 0 Å². The fourth-order valence-corrected chi connectivity index (χ4v) is 2.79. The van der Waals surface area contributed by atoms with Crippen molar-refractivity contribution in [1.29, 1.82) is 0 Å². The normalized spacial score (nSPS) is 13.0. The Morgan fingerprint density at radius 3 is 1.83 bits per heavy atom. The lowest BCUT2D eigenvalue weighted by Crippen LogP contribution is -2.12. The van der Waals surface area contributed by atoms with E-state index < -0.39 is 0 Å². The van der Waals surface area contributed by atoms with Crippen molar-refractivity contribution >= 4 is 0 Å². The summed E-state index contributed by atoms with van der Waals surface area (Å²) < 4.78 is 10.5. The lowest BCUT2D eigenvalue weighted by molar-refractivity contribution is -0.0581. The van der Waals surface area contributed by atoms with Gasteiger partial charge in [-0.3, -0.25) is 0 Å². The van der Waals surface area contributed by atoms with Crippen LogP contribution >= 0.6 is 0 Å². The molecule has 0 heterocycles. The third kappa shape index (κ3) is 17.8. The predicted octanol–water partition coefficient (Wildman–Crippen LogP) is 5.62. The molecule has 0 aromatic carbocycles. The van der Waals surface area contributed by atoms with Crippen LogP contribution in [0.4, 0.5) is 0 Å². The summed E-state index contributed by atoms with van der Waals surface area (Å²) in [4.78, 5) is 0. The molecule has 1 N–H and O–H groups in total. The van der Waals surface area contributed by atoms with Crippen molar-refractivity contribution in [3.8, 4) is 0 Å². The number of hydrogen-bond acceptors (Lipinski definition) is 3. The zero-order chi connectivity index (χ0) is 17.0. The van der Waals surface area contributed by atoms with Gasteiger partial charge in [0.15, 0.2) is 0 Å². The number of aliphatic hydroxyl groups excluding tert-OH is 1. The molecule has 0 saturated carbocycles. The summed E-state index contributed by atoms with van der Waals surface area (Å²) in [5, 5.41) is 8.84. The highest BCUT2D eigenvalue weighted by Gasteiger charge is 2.04. The molecule has 0 rings (SSSR count). The molecule has 0 aromatic heterocycles. The molecule has 3 nitrogen and oxygen atoms in total. The monoisotopic (exact) mass is 328 g/mol. The second-order valence-electron chi connectivity index (χ2n) is 6.40. The summed E-state index contributed by atoms with van der Waals surface area (Å²) >= 11 is 0. The predicted molar refractivity (Wildman–Crippen MR) is 98.7 cm³/mol. The van der Waals surface area contributed by atoms with Crippen molar-refractivity contribution in [3.05, 3.63) is 12.2 Å². The van der Waals surface area contributed by atoms with Gasteiger partial charge in [0.1, 0.15) is 6.79 Å². The maximum atomic E-state index is 8.84. The smallest absolute Gasteiger partial charge is 0.147 e. The molecule has 0 aliphatic rings. The van der Waals surface area contributed by atoms with E-state index in [-0.39, 0.29) is 12.7 Å². The Kier molecular flexibility index (Phi) is 19.3. The Morgan fingerprint density at radius 2 is 1.35 bits per heavy atom. The minimum atomic E-state index is 0.0743. The van der Waals surface area contributed by atoms with Gasteiger partial charge in [-0.2, -0.15) is 0 Å². The minimum absolute atomic E-state index is 0.0743. The van der Waals surface area contributed by atoms with Crippen LogP contribution in [0.25, 0.3) is 0 Å².